The van der Waals surface area contributed by atoms with Gasteiger partial charge in [-0.05, 0) is 35.0 Å². The minimum Gasteiger partial charge on any atom is -0.380 e. The minimum absolute atomic E-state index is 0.822. The van der Waals surface area contributed by atoms with Gasteiger partial charge in [0.1, 0.15) is 0 Å². The molecule has 0 aliphatic carbocycles. The van der Waals surface area contributed by atoms with E-state index in [4.69, 9.17) is 0 Å². The summed E-state index contributed by atoms with van der Waals surface area (Å²) in [6, 6.07) is 8.05. The van der Waals surface area contributed by atoms with E-state index >= 15 is 0 Å². The maximum absolute atomic E-state index is 3.82. The summed E-state index contributed by atoms with van der Waals surface area (Å²) < 4.78 is 1.09. The van der Waals surface area contributed by atoms with Crippen LogP contribution >= 0.6 is 15.9 Å². The number of halogens is 1. The molecule has 0 saturated carbocycles. The normalized spacial score (nSPS) is 9.50. The van der Waals surface area contributed by atoms with Crippen LogP contribution in [0.4, 0.5) is 5.69 Å². The second kappa shape index (κ2) is 4.31. The fourth-order valence-electron chi connectivity index (χ4n) is 0.851. The molecule has 12 heavy (non-hydrogen) atoms. The quantitative estimate of drug-likeness (QED) is 0.778. The van der Waals surface area contributed by atoms with Crippen LogP contribution in [0, 0.1) is 0 Å². The summed E-state index contributed by atoms with van der Waals surface area (Å²) in [4.78, 5) is 0. The number of hydrogen-bond acceptors (Lipinski definition) is 1. The van der Waals surface area contributed by atoms with Crippen molar-refractivity contribution in [3.8, 4) is 0 Å². The molecule has 0 aromatic heterocycles. The minimum atomic E-state index is 0.822. The summed E-state index contributed by atoms with van der Waals surface area (Å²) in [5, 5.41) is 3.27. The lowest BCUT2D eigenvalue weighted by atomic mass is 10.3. The zero-order valence-electron chi connectivity index (χ0n) is 7.10. The molecule has 0 atom stereocenters. The number of hydrogen-bond donors (Lipinski definition) is 1. The Labute approximate surface area is 81.6 Å². The van der Waals surface area contributed by atoms with Gasteiger partial charge in [-0.3, -0.25) is 0 Å². The lowest BCUT2D eigenvalue weighted by molar-refractivity contribution is 1.21. The highest BCUT2D eigenvalue weighted by atomic mass is 79.9. The molecule has 1 nitrogen and oxygen atoms in total. The fourth-order valence-corrected chi connectivity index (χ4v) is 1.28. The van der Waals surface area contributed by atoms with Gasteiger partial charge in [-0.15, -0.1) is 0 Å². The summed E-state index contributed by atoms with van der Waals surface area (Å²) in [5.74, 6) is 0. The first kappa shape index (κ1) is 9.33. The van der Waals surface area contributed by atoms with Crippen LogP contribution in [0.2, 0.25) is 0 Å². The second-order valence-electron chi connectivity index (χ2n) is 2.79. The van der Waals surface area contributed by atoms with E-state index in [1.807, 2.05) is 31.2 Å². The van der Waals surface area contributed by atoms with Crippen LogP contribution in [0.15, 0.2) is 40.9 Å². The number of anilines is 1. The molecule has 0 aliphatic heterocycles. The van der Waals surface area contributed by atoms with Crippen molar-refractivity contribution < 1.29 is 0 Å². The van der Waals surface area contributed by atoms with Crippen LogP contribution in [0.1, 0.15) is 6.92 Å². The molecule has 0 spiro atoms. The van der Waals surface area contributed by atoms with E-state index in [0.717, 1.165) is 22.3 Å². The van der Waals surface area contributed by atoms with Crippen molar-refractivity contribution in [1.82, 2.24) is 0 Å². The molecule has 0 radical (unpaired) electrons. The van der Waals surface area contributed by atoms with E-state index in [1.165, 1.54) is 0 Å². The smallest absolute Gasteiger partial charge is 0.0487 e. The van der Waals surface area contributed by atoms with Gasteiger partial charge in [-0.1, -0.05) is 24.3 Å². The van der Waals surface area contributed by atoms with Crippen LogP contribution in [0.3, 0.4) is 0 Å². The molecular weight excluding hydrogens is 214 g/mol. The summed E-state index contributed by atoms with van der Waals surface area (Å²) in [5.41, 5.74) is 2.24. The van der Waals surface area contributed by atoms with Gasteiger partial charge in [0, 0.05) is 16.7 Å². The van der Waals surface area contributed by atoms with E-state index in [0.29, 0.717) is 0 Å². The SMILES string of the molecule is C=C(C)CNc1ccccc1Br. The lowest BCUT2D eigenvalue weighted by Gasteiger charge is -2.07. The highest BCUT2D eigenvalue weighted by Crippen LogP contribution is 2.20. The first-order valence-electron chi connectivity index (χ1n) is 3.83. The summed E-state index contributed by atoms with van der Waals surface area (Å²) in [6.45, 7) is 6.65. The third kappa shape index (κ3) is 2.70. The molecule has 2 heteroatoms. The van der Waals surface area contributed by atoms with Gasteiger partial charge < -0.3 is 5.32 Å². The Hall–Kier alpha value is -0.760. The molecule has 0 heterocycles. The summed E-state index contributed by atoms with van der Waals surface area (Å²) >= 11 is 3.45. The van der Waals surface area contributed by atoms with Gasteiger partial charge in [-0.2, -0.15) is 0 Å². The van der Waals surface area contributed by atoms with Gasteiger partial charge in [0.05, 0.1) is 0 Å². The Morgan fingerprint density at radius 3 is 2.75 bits per heavy atom. The van der Waals surface area contributed by atoms with E-state index < -0.39 is 0 Å². The van der Waals surface area contributed by atoms with E-state index in [9.17, 15) is 0 Å². The predicted octanol–water partition coefficient (Wildman–Crippen LogP) is 3.44. The first-order chi connectivity index (χ1) is 5.70. The van der Waals surface area contributed by atoms with E-state index in [-0.39, 0.29) is 0 Å². The first-order valence-corrected chi connectivity index (χ1v) is 4.62. The summed E-state index contributed by atoms with van der Waals surface area (Å²) in [7, 11) is 0. The Morgan fingerprint density at radius 2 is 2.17 bits per heavy atom. The molecule has 1 aromatic carbocycles. The van der Waals surface area contributed by atoms with Crippen LogP contribution < -0.4 is 5.32 Å². The Kier molecular flexibility index (Phi) is 3.35. The van der Waals surface area contributed by atoms with Crippen LogP contribution in [-0.4, -0.2) is 6.54 Å². The predicted molar refractivity (Wildman–Crippen MR) is 57.4 cm³/mol. The van der Waals surface area contributed by atoms with Crippen LogP contribution in [0.25, 0.3) is 0 Å². The molecule has 0 bridgehead atoms. The Morgan fingerprint density at radius 1 is 1.50 bits per heavy atom. The Balaban J connectivity index is 2.63. The number of nitrogens with one attached hydrogen (secondary N) is 1. The van der Waals surface area contributed by atoms with Crippen molar-refractivity contribution in [2.24, 2.45) is 0 Å². The van der Waals surface area contributed by atoms with Crippen molar-refractivity contribution in [1.29, 1.82) is 0 Å². The largest absolute Gasteiger partial charge is 0.380 e. The van der Waals surface area contributed by atoms with Gasteiger partial charge in [0.2, 0.25) is 0 Å². The molecule has 0 amide bonds. The topological polar surface area (TPSA) is 12.0 Å². The highest BCUT2D eigenvalue weighted by molar-refractivity contribution is 9.10. The zero-order valence-corrected chi connectivity index (χ0v) is 8.69. The van der Waals surface area contributed by atoms with Crippen molar-refractivity contribution in [2.75, 3.05) is 11.9 Å². The van der Waals surface area contributed by atoms with Crippen molar-refractivity contribution in [3.63, 3.8) is 0 Å². The monoisotopic (exact) mass is 225 g/mol. The molecule has 0 saturated heterocycles. The average molecular weight is 226 g/mol. The third-order valence-electron chi connectivity index (χ3n) is 1.45. The standard InChI is InChI=1S/C10H12BrN/c1-8(2)7-12-10-6-4-3-5-9(10)11/h3-6,12H,1,7H2,2H3. The average Bonchev–Trinajstić information content (AvgIpc) is 2.03. The molecule has 64 valence electrons. The molecule has 1 aromatic rings. The number of para-hydroxylation sites is 1. The van der Waals surface area contributed by atoms with Crippen molar-refractivity contribution >= 4 is 21.6 Å². The molecule has 1 rings (SSSR count). The van der Waals surface area contributed by atoms with Gasteiger partial charge >= 0.3 is 0 Å². The second-order valence-corrected chi connectivity index (χ2v) is 3.64. The van der Waals surface area contributed by atoms with Crippen LogP contribution in [0.5, 0.6) is 0 Å². The highest BCUT2D eigenvalue weighted by Gasteiger charge is 1.95. The van der Waals surface area contributed by atoms with Crippen molar-refractivity contribution in [2.45, 2.75) is 6.92 Å². The van der Waals surface area contributed by atoms with Gasteiger partial charge in [-0.25, -0.2) is 0 Å². The molecular formula is C10H12BrN. The molecule has 0 unspecified atom stereocenters. The van der Waals surface area contributed by atoms with Gasteiger partial charge in [0.25, 0.3) is 0 Å². The van der Waals surface area contributed by atoms with Crippen molar-refractivity contribution in [3.05, 3.63) is 40.9 Å². The number of rotatable bonds is 3. The maximum atomic E-state index is 3.82. The van der Waals surface area contributed by atoms with E-state index in [2.05, 4.69) is 27.8 Å². The van der Waals surface area contributed by atoms with Crippen LogP contribution in [-0.2, 0) is 0 Å². The zero-order chi connectivity index (χ0) is 8.97. The molecule has 1 N–H and O–H groups in total. The van der Waals surface area contributed by atoms with E-state index in [1.54, 1.807) is 0 Å². The summed E-state index contributed by atoms with van der Waals surface area (Å²) in [6.07, 6.45) is 0. The van der Waals surface area contributed by atoms with Gasteiger partial charge in [0.15, 0.2) is 0 Å². The third-order valence-corrected chi connectivity index (χ3v) is 2.15. The lowest BCUT2D eigenvalue weighted by Crippen LogP contribution is -2.01. The molecule has 0 fully saturated rings. The molecule has 0 aliphatic rings. The maximum Gasteiger partial charge on any atom is 0.0487 e. The fraction of sp³-hybridized carbons (Fsp3) is 0.200. The Bertz CT molecular complexity index is 281. The number of benzene rings is 1.